The number of carbonyl (C=O) groups is 2. The van der Waals surface area contributed by atoms with Crippen LogP contribution in [0.15, 0.2) is 48.5 Å². The molecule has 1 amide bonds. The van der Waals surface area contributed by atoms with Gasteiger partial charge in [-0.15, -0.1) is 0 Å². The van der Waals surface area contributed by atoms with Crippen LogP contribution in [0.1, 0.15) is 56.2 Å². The van der Waals surface area contributed by atoms with Crippen molar-refractivity contribution in [1.29, 1.82) is 0 Å². The lowest BCUT2D eigenvalue weighted by Crippen LogP contribution is -2.59. The Labute approximate surface area is 205 Å². The van der Waals surface area contributed by atoms with E-state index >= 15 is 0 Å². The highest BCUT2D eigenvalue weighted by Crippen LogP contribution is 2.54. The average Bonchev–Trinajstić information content (AvgIpc) is 3.18. The van der Waals surface area contributed by atoms with E-state index < -0.39 is 5.41 Å². The molecule has 5 unspecified atom stereocenters. The standard InChI is InChI=1S/C26H29Cl2NO4/c1-4-22(16(2)32-3)29-24(17-8-10-19(27)11-9-17)21(18-6-5-7-20(28)12-18)13-26(25(29)31)14-23(30)33-15-26/h5-12,16,21-22,24H,4,13-15H2,1-3H3. The van der Waals surface area contributed by atoms with Crippen LogP contribution >= 0.6 is 23.2 Å². The van der Waals surface area contributed by atoms with E-state index in [0.717, 1.165) is 11.1 Å². The largest absolute Gasteiger partial charge is 0.464 e. The van der Waals surface area contributed by atoms with Gasteiger partial charge in [-0.1, -0.05) is 54.4 Å². The van der Waals surface area contributed by atoms with Crippen LogP contribution < -0.4 is 0 Å². The molecule has 2 aliphatic heterocycles. The third kappa shape index (κ3) is 4.51. The molecule has 2 saturated heterocycles. The smallest absolute Gasteiger partial charge is 0.307 e. The van der Waals surface area contributed by atoms with E-state index in [1.165, 1.54) is 0 Å². The number of benzene rings is 2. The SMILES string of the molecule is CCC(C(C)OC)N1C(=O)C2(COC(=O)C2)CC(c2cccc(Cl)c2)C1c1ccc(Cl)cc1. The number of hydrogen-bond donors (Lipinski definition) is 0. The predicted octanol–water partition coefficient (Wildman–Crippen LogP) is 5.80. The van der Waals surface area contributed by atoms with Gasteiger partial charge in [0, 0.05) is 23.1 Å². The first-order valence-electron chi connectivity index (χ1n) is 11.3. The summed E-state index contributed by atoms with van der Waals surface area (Å²) in [5.41, 5.74) is 1.12. The number of cyclic esters (lactones) is 1. The number of amides is 1. The number of esters is 1. The fourth-order valence-electron chi connectivity index (χ4n) is 5.44. The molecular formula is C26H29Cl2NO4. The second-order valence-corrected chi connectivity index (χ2v) is 9.98. The summed E-state index contributed by atoms with van der Waals surface area (Å²) in [6.45, 7) is 4.13. The maximum atomic E-state index is 14.2. The van der Waals surface area contributed by atoms with E-state index in [0.29, 0.717) is 22.9 Å². The van der Waals surface area contributed by atoms with Crippen LogP contribution in [0.4, 0.5) is 0 Å². The van der Waals surface area contributed by atoms with Gasteiger partial charge < -0.3 is 14.4 Å². The summed E-state index contributed by atoms with van der Waals surface area (Å²) < 4.78 is 11.1. The minimum absolute atomic E-state index is 0.0534. The average molecular weight is 490 g/mol. The zero-order valence-corrected chi connectivity index (χ0v) is 20.6. The van der Waals surface area contributed by atoms with Gasteiger partial charge in [0.25, 0.3) is 0 Å². The first-order chi connectivity index (χ1) is 15.8. The molecule has 0 aliphatic carbocycles. The highest BCUT2D eigenvalue weighted by atomic mass is 35.5. The van der Waals surface area contributed by atoms with E-state index in [1.54, 1.807) is 7.11 Å². The minimum atomic E-state index is -0.895. The molecule has 2 heterocycles. The molecule has 5 atom stereocenters. The van der Waals surface area contributed by atoms with Gasteiger partial charge in [-0.2, -0.15) is 0 Å². The van der Waals surface area contributed by atoms with Crippen LogP contribution in [0, 0.1) is 5.41 Å². The molecular weight excluding hydrogens is 461 g/mol. The monoisotopic (exact) mass is 489 g/mol. The molecule has 0 saturated carbocycles. The van der Waals surface area contributed by atoms with Crippen molar-refractivity contribution in [3.8, 4) is 0 Å². The molecule has 2 aromatic carbocycles. The summed E-state index contributed by atoms with van der Waals surface area (Å²) in [6, 6.07) is 15.0. The Morgan fingerprint density at radius 2 is 1.85 bits per heavy atom. The van der Waals surface area contributed by atoms with E-state index in [9.17, 15) is 9.59 Å². The van der Waals surface area contributed by atoms with Gasteiger partial charge in [-0.05, 0) is 55.2 Å². The van der Waals surface area contributed by atoms with E-state index in [4.69, 9.17) is 32.7 Å². The van der Waals surface area contributed by atoms with Crippen LogP contribution in [0.3, 0.4) is 0 Å². The summed E-state index contributed by atoms with van der Waals surface area (Å²) in [4.78, 5) is 28.4. The molecule has 2 fully saturated rings. The Morgan fingerprint density at radius 3 is 2.42 bits per heavy atom. The van der Waals surface area contributed by atoms with Gasteiger partial charge in [0.2, 0.25) is 5.91 Å². The molecule has 33 heavy (non-hydrogen) atoms. The molecule has 0 N–H and O–H groups in total. The second kappa shape index (κ2) is 9.65. The first-order valence-corrected chi connectivity index (χ1v) is 12.1. The van der Waals surface area contributed by atoms with E-state index in [2.05, 4.69) is 6.92 Å². The zero-order chi connectivity index (χ0) is 23.8. The number of ether oxygens (including phenoxy) is 2. The lowest BCUT2D eigenvalue weighted by Gasteiger charge is -2.52. The van der Waals surface area contributed by atoms with Gasteiger partial charge >= 0.3 is 5.97 Å². The number of likely N-dealkylation sites (tertiary alicyclic amines) is 1. The number of methoxy groups -OCH3 is 1. The Balaban J connectivity index is 1.92. The van der Waals surface area contributed by atoms with Gasteiger partial charge in [-0.25, -0.2) is 0 Å². The number of nitrogens with zero attached hydrogens (tertiary/aromatic N) is 1. The van der Waals surface area contributed by atoms with Crippen molar-refractivity contribution in [3.05, 3.63) is 69.7 Å². The number of rotatable bonds is 6. The fraction of sp³-hybridized carbons (Fsp3) is 0.462. The van der Waals surface area contributed by atoms with E-state index in [1.807, 2.05) is 60.4 Å². The summed E-state index contributed by atoms with van der Waals surface area (Å²) in [7, 11) is 1.66. The number of hydrogen-bond acceptors (Lipinski definition) is 4. The molecule has 0 aromatic heterocycles. The Bertz CT molecular complexity index is 1030. The molecule has 0 radical (unpaired) electrons. The molecule has 7 heteroatoms. The highest BCUT2D eigenvalue weighted by molar-refractivity contribution is 6.30. The summed E-state index contributed by atoms with van der Waals surface area (Å²) in [5, 5.41) is 1.27. The molecule has 5 nitrogen and oxygen atoms in total. The van der Waals surface area contributed by atoms with Crippen molar-refractivity contribution in [2.75, 3.05) is 13.7 Å². The van der Waals surface area contributed by atoms with Crippen molar-refractivity contribution in [1.82, 2.24) is 4.90 Å². The topological polar surface area (TPSA) is 55.8 Å². The van der Waals surface area contributed by atoms with Gasteiger partial charge in [0.15, 0.2) is 0 Å². The maximum absolute atomic E-state index is 14.2. The molecule has 4 rings (SSSR count). The molecule has 176 valence electrons. The first kappa shape index (κ1) is 24.1. The van der Waals surface area contributed by atoms with Crippen molar-refractivity contribution in [2.45, 2.75) is 57.2 Å². The Hall–Kier alpha value is -2.08. The summed E-state index contributed by atoms with van der Waals surface area (Å²) >= 11 is 12.6. The zero-order valence-electron chi connectivity index (χ0n) is 19.1. The third-order valence-electron chi connectivity index (χ3n) is 7.15. The second-order valence-electron chi connectivity index (χ2n) is 9.11. The number of carbonyl (C=O) groups excluding carboxylic acids is 2. The Morgan fingerprint density at radius 1 is 1.12 bits per heavy atom. The molecule has 2 aromatic rings. The fourth-order valence-corrected chi connectivity index (χ4v) is 5.76. The maximum Gasteiger partial charge on any atom is 0.307 e. The van der Waals surface area contributed by atoms with Gasteiger partial charge in [0.1, 0.15) is 6.61 Å². The molecule has 1 spiro atoms. The van der Waals surface area contributed by atoms with Gasteiger partial charge in [-0.3, -0.25) is 9.59 Å². The quantitative estimate of drug-likeness (QED) is 0.481. The summed E-state index contributed by atoms with van der Waals surface area (Å²) in [6.07, 6.45) is 1.10. The van der Waals surface area contributed by atoms with Crippen molar-refractivity contribution in [2.24, 2.45) is 5.41 Å². The lowest BCUT2D eigenvalue weighted by molar-refractivity contribution is -0.160. The highest BCUT2D eigenvalue weighted by Gasteiger charge is 2.58. The Kier molecular flexibility index (Phi) is 7.04. The summed E-state index contributed by atoms with van der Waals surface area (Å²) in [5.74, 6) is -0.469. The van der Waals surface area contributed by atoms with Crippen LogP contribution in [0.2, 0.25) is 10.0 Å². The van der Waals surface area contributed by atoms with Crippen molar-refractivity contribution < 1.29 is 19.1 Å². The normalized spacial score (nSPS) is 27.0. The van der Waals surface area contributed by atoms with Crippen molar-refractivity contribution >= 4 is 35.1 Å². The van der Waals surface area contributed by atoms with Crippen LogP contribution in [-0.2, 0) is 19.1 Å². The predicted molar refractivity (Wildman–Crippen MR) is 128 cm³/mol. The number of halogens is 2. The molecule has 0 bridgehead atoms. The van der Waals surface area contributed by atoms with Crippen LogP contribution in [-0.4, -0.2) is 42.6 Å². The van der Waals surface area contributed by atoms with Gasteiger partial charge in [0.05, 0.1) is 30.0 Å². The third-order valence-corrected chi connectivity index (χ3v) is 7.64. The lowest BCUT2D eigenvalue weighted by atomic mass is 9.67. The van der Waals surface area contributed by atoms with Crippen LogP contribution in [0.5, 0.6) is 0 Å². The van der Waals surface area contributed by atoms with Crippen LogP contribution in [0.25, 0.3) is 0 Å². The number of piperidine rings is 1. The van der Waals surface area contributed by atoms with Crippen molar-refractivity contribution in [3.63, 3.8) is 0 Å². The molecule has 2 aliphatic rings. The van der Waals surface area contributed by atoms with E-state index in [-0.39, 0.29) is 49.0 Å². The minimum Gasteiger partial charge on any atom is -0.464 e.